The number of primary sulfonamides is 1. The summed E-state index contributed by atoms with van der Waals surface area (Å²) in [6, 6.07) is -1.39. The number of rotatable bonds is 5. The molecule has 16 heteroatoms. The van der Waals surface area contributed by atoms with Crippen molar-refractivity contribution in [1.82, 2.24) is 34.4 Å². The van der Waals surface area contributed by atoms with Crippen LogP contribution in [0.25, 0.3) is 5.65 Å². The average Bonchev–Trinajstić information content (AvgIpc) is 3.01. The van der Waals surface area contributed by atoms with Crippen LogP contribution in [0, 0.1) is 0 Å². The van der Waals surface area contributed by atoms with E-state index in [1.807, 2.05) is 0 Å². The number of carbonyl (C=O) groups is 1. The predicted octanol–water partition coefficient (Wildman–Crippen LogP) is -3.75. The van der Waals surface area contributed by atoms with E-state index in [1.165, 1.54) is 7.05 Å². The summed E-state index contributed by atoms with van der Waals surface area (Å²) in [6.45, 7) is 0. The molecule has 1 amide bonds. The summed E-state index contributed by atoms with van der Waals surface area (Å²) < 4.78 is 49.6. The van der Waals surface area contributed by atoms with Crippen molar-refractivity contribution in [2.75, 3.05) is 0 Å². The van der Waals surface area contributed by atoms with Crippen molar-refractivity contribution in [3.05, 3.63) is 22.5 Å². The Morgan fingerprint density at radius 1 is 1.29 bits per heavy atom. The highest BCUT2D eigenvalue weighted by molar-refractivity contribution is 7.89. The number of nitrogens with zero attached hydrogens (tertiary/aromatic N) is 5. The van der Waals surface area contributed by atoms with Gasteiger partial charge in [-0.1, -0.05) is 5.21 Å². The first-order valence-electron chi connectivity index (χ1n) is 8.06. The molecule has 0 saturated heterocycles. The first kappa shape index (κ1) is 20.3. The van der Waals surface area contributed by atoms with Gasteiger partial charge in [-0.15, -0.1) is 5.10 Å². The maximum atomic E-state index is 12.6. The van der Waals surface area contributed by atoms with Gasteiger partial charge in [0, 0.05) is 19.1 Å². The molecule has 0 bridgehead atoms. The van der Waals surface area contributed by atoms with Gasteiger partial charge in [0.1, 0.15) is 6.33 Å². The quantitative estimate of drug-likeness (QED) is 0.341. The molecule has 1 fully saturated rings. The number of nitrogens with one attached hydrogen (secondary N) is 2. The van der Waals surface area contributed by atoms with E-state index in [9.17, 15) is 26.4 Å². The Kier molecular flexibility index (Phi) is 5.46. The molecule has 154 valence electrons. The minimum Gasteiger partial charge on any atom is -0.348 e. The molecule has 0 radical (unpaired) electrons. The van der Waals surface area contributed by atoms with Crippen molar-refractivity contribution in [3.63, 3.8) is 0 Å². The van der Waals surface area contributed by atoms with Crippen LogP contribution in [-0.4, -0.2) is 64.5 Å². The molecule has 1 saturated carbocycles. The highest BCUT2D eigenvalue weighted by Gasteiger charge is 2.36. The Balaban J connectivity index is 1.84. The van der Waals surface area contributed by atoms with Gasteiger partial charge in [0.2, 0.25) is 20.9 Å². The first-order chi connectivity index (χ1) is 13.1. The van der Waals surface area contributed by atoms with E-state index in [4.69, 9.17) is 5.14 Å². The molecule has 1 aliphatic rings. The average molecular weight is 434 g/mol. The van der Waals surface area contributed by atoms with Gasteiger partial charge in [-0.3, -0.25) is 4.79 Å². The number of imidazole rings is 1. The number of aryl methyl sites for hydroxylation is 1. The number of hydrogen-bond donors (Lipinski definition) is 4. The van der Waals surface area contributed by atoms with Gasteiger partial charge in [0.05, 0.1) is 5.25 Å². The molecule has 0 aliphatic heterocycles. The second-order valence-corrected chi connectivity index (χ2v) is 9.07. The molecule has 28 heavy (non-hydrogen) atoms. The van der Waals surface area contributed by atoms with Crippen LogP contribution in [0.5, 0.6) is 0 Å². The van der Waals surface area contributed by atoms with E-state index in [2.05, 4.69) is 25.3 Å². The number of amides is 1. The molecule has 0 spiro atoms. The summed E-state index contributed by atoms with van der Waals surface area (Å²) >= 11 is 0. The van der Waals surface area contributed by atoms with Gasteiger partial charge in [-0.05, 0) is 19.3 Å². The molecule has 2 aromatic rings. The van der Waals surface area contributed by atoms with Crippen LogP contribution in [0.1, 0.15) is 29.8 Å². The first-order valence-corrected chi connectivity index (χ1v) is 10.8. The van der Waals surface area contributed by atoms with Crippen molar-refractivity contribution < 1.29 is 21.6 Å². The standard InChI is InChI=1S/C12H18N8O6S2/c1-19-12(22)20-5-14-9(10(20)16-18-19)11(21)15-6-2-7(17-27(23)24)4-8(3-6)28(13,25)26/h5-8,27H,2-4H2,1H3,(H,15,21)(H2,13,25,26)(H,17,23,24). The monoisotopic (exact) mass is 434 g/mol. The van der Waals surface area contributed by atoms with Crippen LogP contribution in [0.4, 0.5) is 0 Å². The van der Waals surface area contributed by atoms with Gasteiger partial charge >= 0.3 is 5.69 Å². The second kappa shape index (κ2) is 7.53. The maximum Gasteiger partial charge on any atom is 0.352 e. The van der Waals surface area contributed by atoms with Gasteiger partial charge in [-0.25, -0.2) is 40.9 Å². The lowest BCUT2D eigenvalue weighted by atomic mass is 9.91. The minimum atomic E-state index is -3.94. The lowest BCUT2D eigenvalue weighted by Crippen LogP contribution is -2.51. The number of hydrogen-bond acceptors (Lipinski definition) is 9. The maximum absolute atomic E-state index is 12.6. The molecule has 2 heterocycles. The SMILES string of the molecule is Cn1nnc2c(C(=O)NC3CC(N[SH](=O)=O)CC(S(N)(=O)=O)C3)ncn2c1=O. The fourth-order valence-corrected chi connectivity index (χ4v) is 4.71. The molecule has 2 aromatic heterocycles. The third-order valence-electron chi connectivity index (χ3n) is 4.47. The zero-order chi connectivity index (χ0) is 20.6. The second-order valence-electron chi connectivity index (χ2n) is 6.45. The van der Waals surface area contributed by atoms with E-state index in [0.29, 0.717) is 0 Å². The van der Waals surface area contributed by atoms with Crippen molar-refractivity contribution in [3.8, 4) is 0 Å². The van der Waals surface area contributed by atoms with Crippen LogP contribution in [0.3, 0.4) is 0 Å². The zero-order valence-corrected chi connectivity index (χ0v) is 16.3. The number of sulfonamides is 1. The molecule has 3 atom stereocenters. The Morgan fingerprint density at radius 2 is 1.96 bits per heavy atom. The fraction of sp³-hybridized carbons (Fsp3) is 0.583. The Labute approximate surface area is 160 Å². The molecular formula is C12H18N8O6S2. The summed E-state index contributed by atoms with van der Waals surface area (Å²) in [5.74, 6) is -0.699. The van der Waals surface area contributed by atoms with E-state index in [-0.39, 0.29) is 30.6 Å². The van der Waals surface area contributed by atoms with E-state index in [0.717, 1.165) is 15.4 Å². The largest absolute Gasteiger partial charge is 0.352 e. The van der Waals surface area contributed by atoms with E-state index in [1.54, 1.807) is 0 Å². The van der Waals surface area contributed by atoms with Crippen LogP contribution in [0.2, 0.25) is 0 Å². The lowest BCUT2D eigenvalue weighted by Gasteiger charge is -2.33. The molecular weight excluding hydrogens is 416 g/mol. The Morgan fingerprint density at radius 3 is 2.61 bits per heavy atom. The van der Waals surface area contributed by atoms with Gasteiger partial charge in [0.25, 0.3) is 5.91 Å². The summed E-state index contributed by atoms with van der Waals surface area (Å²) in [4.78, 5) is 28.4. The number of carbonyl (C=O) groups excluding carboxylic acids is 1. The summed E-state index contributed by atoms with van der Waals surface area (Å²) in [7, 11) is -5.50. The third kappa shape index (κ3) is 4.18. The topological polar surface area (TPSA) is 201 Å². The summed E-state index contributed by atoms with van der Waals surface area (Å²) in [6.07, 6.45) is 1.31. The van der Waals surface area contributed by atoms with Crippen LogP contribution >= 0.6 is 0 Å². The number of thiol groups is 1. The van der Waals surface area contributed by atoms with Gasteiger partial charge in [-0.2, -0.15) is 4.68 Å². The van der Waals surface area contributed by atoms with Crippen molar-refractivity contribution >= 4 is 32.5 Å². The normalized spacial score (nSPS) is 23.2. The van der Waals surface area contributed by atoms with Crippen LogP contribution < -0.4 is 20.9 Å². The van der Waals surface area contributed by atoms with Gasteiger partial charge in [0.15, 0.2) is 11.3 Å². The highest BCUT2D eigenvalue weighted by atomic mass is 32.2. The molecule has 3 rings (SSSR count). The molecule has 1 aliphatic carbocycles. The van der Waals surface area contributed by atoms with Crippen LogP contribution in [0.15, 0.2) is 11.1 Å². The highest BCUT2D eigenvalue weighted by Crippen LogP contribution is 2.24. The van der Waals surface area contributed by atoms with Crippen molar-refractivity contribution in [2.24, 2.45) is 12.2 Å². The number of nitrogens with two attached hydrogens (primary N) is 1. The molecule has 0 aromatic carbocycles. The molecule has 14 nitrogen and oxygen atoms in total. The Hall–Kier alpha value is -2.43. The van der Waals surface area contributed by atoms with E-state index < -0.39 is 49.8 Å². The lowest BCUT2D eigenvalue weighted by molar-refractivity contribution is 0.0922. The number of fused-ring (bicyclic) bond motifs is 1. The summed E-state index contributed by atoms with van der Waals surface area (Å²) in [5.41, 5.74) is -0.772. The predicted molar refractivity (Wildman–Crippen MR) is 95.3 cm³/mol. The van der Waals surface area contributed by atoms with Gasteiger partial charge < -0.3 is 5.32 Å². The number of aromatic nitrogens is 5. The minimum absolute atomic E-state index is 0.00342. The smallest absolute Gasteiger partial charge is 0.348 e. The van der Waals surface area contributed by atoms with Crippen molar-refractivity contribution in [1.29, 1.82) is 0 Å². The third-order valence-corrected chi connectivity index (χ3v) is 6.36. The van der Waals surface area contributed by atoms with E-state index >= 15 is 0 Å². The summed E-state index contributed by atoms with van der Waals surface area (Å²) in [5, 5.41) is 14.2. The molecule has 4 N–H and O–H groups in total. The van der Waals surface area contributed by atoms with Crippen LogP contribution in [-0.2, 0) is 28.0 Å². The van der Waals surface area contributed by atoms with Crippen molar-refractivity contribution in [2.45, 2.75) is 36.6 Å². The fourth-order valence-electron chi connectivity index (χ4n) is 3.20. The zero-order valence-electron chi connectivity index (χ0n) is 14.5. The Bertz CT molecular complexity index is 1140. The molecule has 3 unspecified atom stereocenters.